The topological polar surface area (TPSA) is 52.6 Å². The summed E-state index contributed by atoms with van der Waals surface area (Å²) in [6, 6.07) is 0. The molecule has 4 nitrogen and oxygen atoms in total. The Morgan fingerprint density at radius 3 is 2.57 bits per heavy atom. The van der Waals surface area contributed by atoms with Gasteiger partial charge < -0.3 is 9.47 Å². The minimum atomic E-state index is -0.105. The van der Waals surface area contributed by atoms with Crippen LogP contribution in [-0.2, 0) is 19.1 Å². The van der Waals surface area contributed by atoms with Crippen LogP contribution in [0.1, 0.15) is 99.3 Å². The first-order valence-corrected chi connectivity index (χ1v) is 14.0. The molecule has 4 rings (SSSR count). The van der Waals surface area contributed by atoms with Gasteiger partial charge >= 0.3 is 11.9 Å². The highest BCUT2D eigenvalue weighted by Gasteiger charge is 2.63. The van der Waals surface area contributed by atoms with Crippen LogP contribution in [0.4, 0.5) is 0 Å². The second-order valence-corrected chi connectivity index (χ2v) is 13.3. The molecule has 0 bridgehead atoms. The quantitative estimate of drug-likeness (QED) is 0.281. The molecule has 0 spiro atoms. The first-order chi connectivity index (χ1) is 16.4. The number of hydrogen-bond acceptors (Lipinski definition) is 4. The Bertz CT molecular complexity index is 904. The SMILES string of the molecule is C=C(C)[C@@H]1CC=C2[C@@H](CC[C@]3(C)[C@@H]([C@H](C)C[C@@H]4C[C@@H](C)C(=O)O4)CC[C@@]23C)[C@@]1(C)CCC(=O)OC. The molecule has 2 saturated carbocycles. The summed E-state index contributed by atoms with van der Waals surface area (Å²) in [6.07, 6.45) is 11.8. The normalized spacial score (nSPS) is 43.6. The van der Waals surface area contributed by atoms with Crippen molar-refractivity contribution in [3.63, 3.8) is 0 Å². The van der Waals surface area contributed by atoms with E-state index in [2.05, 4.69) is 47.3 Å². The lowest BCUT2D eigenvalue weighted by molar-refractivity contribution is -0.145. The maximum atomic E-state index is 12.1. The van der Waals surface area contributed by atoms with Crippen molar-refractivity contribution >= 4 is 11.9 Å². The predicted molar refractivity (Wildman–Crippen MR) is 139 cm³/mol. The van der Waals surface area contributed by atoms with E-state index >= 15 is 0 Å². The molecule has 0 radical (unpaired) electrons. The number of carbonyl (C=O) groups is 2. The largest absolute Gasteiger partial charge is 0.469 e. The van der Waals surface area contributed by atoms with Gasteiger partial charge in [0.1, 0.15) is 6.10 Å². The molecule has 0 aromatic rings. The maximum Gasteiger partial charge on any atom is 0.309 e. The number of esters is 2. The lowest BCUT2D eigenvalue weighted by Gasteiger charge is -2.60. The van der Waals surface area contributed by atoms with Gasteiger partial charge in [0.15, 0.2) is 0 Å². The fourth-order valence-electron chi connectivity index (χ4n) is 9.23. The highest BCUT2D eigenvalue weighted by molar-refractivity contribution is 5.74. The average molecular weight is 485 g/mol. The van der Waals surface area contributed by atoms with Gasteiger partial charge in [0.25, 0.3) is 0 Å². The molecule has 1 aliphatic heterocycles. The molecule has 196 valence electrons. The lowest BCUT2D eigenvalue weighted by Crippen LogP contribution is -2.52. The summed E-state index contributed by atoms with van der Waals surface area (Å²) in [4.78, 5) is 24.1. The number of fused-ring (bicyclic) bond motifs is 3. The molecule has 0 N–H and O–H groups in total. The summed E-state index contributed by atoms with van der Waals surface area (Å²) < 4.78 is 10.7. The zero-order chi connectivity index (χ0) is 25.8. The molecular formula is C31H48O4. The van der Waals surface area contributed by atoms with Crippen molar-refractivity contribution in [1.82, 2.24) is 0 Å². The van der Waals surface area contributed by atoms with Gasteiger partial charge in [-0.1, -0.05) is 58.4 Å². The van der Waals surface area contributed by atoms with E-state index in [1.54, 1.807) is 5.57 Å². The van der Waals surface area contributed by atoms with Crippen LogP contribution in [0.3, 0.4) is 0 Å². The van der Waals surface area contributed by atoms with Crippen molar-refractivity contribution in [3.05, 3.63) is 23.8 Å². The number of cyclic esters (lactones) is 1. The van der Waals surface area contributed by atoms with Crippen molar-refractivity contribution < 1.29 is 19.1 Å². The Kier molecular flexibility index (Phi) is 7.10. The van der Waals surface area contributed by atoms with Crippen LogP contribution in [0.15, 0.2) is 23.8 Å². The fourth-order valence-corrected chi connectivity index (χ4v) is 9.23. The van der Waals surface area contributed by atoms with E-state index in [1.807, 2.05) is 6.92 Å². The summed E-state index contributed by atoms with van der Waals surface area (Å²) >= 11 is 0. The van der Waals surface area contributed by atoms with Crippen LogP contribution in [0, 0.1) is 45.8 Å². The first kappa shape index (κ1) is 26.5. The van der Waals surface area contributed by atoms with Crippen molar-refractivity contribution in [2.75, 3.05) is 7.11 Å². The summed E-state index contributed by atoms with van der Waals surface area (Å²) in [6.45, 7) is 18.4. The van der Waals surface area contributed by atoms with Gasteiger partial charge in [-0.3, -0.25) is 9.59 Å². The van der Waals surface area contributed by atoms with Gasteiger partial charge in [-0.15, -0.1) is 0 Å². The molecule has 0 aromatic heterocycles. The molecule has 1 saturated heterocycles. The Morgan fingerprint density at radius 2 is 1.97 bits per heavy atom. The van der Waals surface area contributed by atoms with E-state index in [0.717, 1.165) is 25.7 Å². The number of carbonyl (C=O) groups excluding carboxylic acids is 2. The van der Waals surface area contributed by atoms with Gasteiger partial charge in [0, 0.05) is 6.42 Å². The van der Waals surface area contributed by atoms with E-state index in [0.29, 0.717) is 30.1 Å². The minimum absolute atomic E-state index is 0.0177. The van der Waals surface area contributed by atoms with E-state index < -0.39 is 0 Å². The first-order valence-electron chi connectivity index (χ1n) is 14.0. The number of rotatable bonds is 7. The van der Waals surface area contributed by atoms with Crippen molar-refractivity contribution in [1.29, 1.82) is 0 Å². The molecule has 1 heterocycles. The smallest absolute Gasteiger partial charge is 0.309 e. The summed E-state index contributed by atoms with van der Waals surface area (Å²) in [5, 5.41) is 0. The van der Waals surface area contributed by atoms with Crippen LogP contribution < -0.4 is 0 Å². The maximum absolute atomic E-state index is 12.1. The average Bonchev–Trinajstić information content (AvgIpc) is 3.26. The third-order valence-corrected chi connectivity index (χ3v) is 11.5. The van der Waals surface area contributed by atoms with Crippen LogP contribution in [0.25, 0.3) is 0 Å². The molecule has 0 unspecified atom stereocenters. The minimum Gasteiger partial charge on any atom is -0.469 e. The van der Waals surface area contributed by atoms with Crippen LogP contribution >= 0.6 is 0 Å². The highest BCUT2D eigenvalue weighted by atomic mass is 16.6. The van der Waals surface area contributed by atoms with Crippen molar-refractivity contribution in [3.8, 4) is 0 Å². The highest BCUT2D eigenvalue weighted by Crippen LogP contribution is 2.72. The molecule has 0 amide bonds. The summed E-state index contributed by atoms with van der Waals surface area (Å²) in [5.41, 5.74) is 3.37. The van der Waals surface area contributed by atoms with Gasteiger partial charge in [0.2, 0.25) is 0 Å². The number of methoxy groups -OCH3 is 1. The number of ether oxygens (including phenoxy) is 2. The van der Waals surface area contributed by atoms with Crippen LogP contribution in [0.5, 0.6) is 0 Å². The van der Waals surface area contributed by atoms with E-state index in [4.69, 9.17) is 9.47 Å². The standard InChI is InChI=1S/C31H48O4/c1-19(2)23-9-10-26-25(29(23,5)14-13-27(32)34-8)12-16-30(6)24(11-15-31(26,30)7)20(3)17-22-18-21(4)28(33)35-22/h10,20-25H,1,9,11-18H2,2-8H3/t20-,21-,22-,23+,24-,25-,29+,30-,31+/m1/s1. The molecule has 4 aliphatic rings. The zero-order valence-corrected chi connectivity index (χ0v) is 23.2. The monoisotopic (exact) mass is 484 g/mol. The van der Waals surface area contributed by atoms with E-state index in [1.165, 1.54) is 38.4 Å². The molecular weight excluding hydrogens is 436 g/mol. The Balaban J connectivity index is 1.59. The third kappa shape index (κ3) is 4.21. The second kappa shape index (κ2) is 9.38. The number of allylic oxidation sites excluding steroid dienone is 3. The third-order valence-electron chi connectivity index (χ3n) is 11.5. The molecule has 4 heteroatoms. The lowest BCUT2D eigenvalue weighted by atomic mass is 9.44. The van der Waals surface area contributed by atoms with E-state index in [9.17, 15) is 9.59 Å². The van der Waals surface area contributed by atoms with Gasteiger partial charge in [-0.25, -0.2) is 0 Å². The Morgan fingerprint density at radius 1 is 1.26 bits per heavy atom. The fraction of sp³-hybridized carbons (Fsp3) is 0.806. The van der Waals surface area contributed by atoms with E-state index in [-0.39, 0.29) is 40.2 Å². The van der Waals surface area contributed by atoms with Crippen LogP contribution in [0.2, 0.25) is 0 Å². The Labute approximate surface area is 213 Å². The summed E-state index contributed by atoms with van der Waals surface area (Å²) in [5.74, 6) is 2.00. The van der Waals surface area contributed by atoms with Crippen molar-refractivity contribution in [2.24, 2.45) is 45.8 Å². The van der Waals surface area contributed by atoms with Crippen LogP contribution in [-0.4, -0.2) is 25.2 Å². The second-order valence-electron chi connectivity index (χ2n) is 13.3. The zero-order valence-electron chi connectivity index (χ0n) is 23.2. The predicted octanol–water partition coefficient (Wildman–Crippen LogP) is 7.28. The van der Waals surface area contributed by atoms with Gasteiger partial charge in [-0.2, -0.15) is 0 Å². The molecule has 3 fully saturated rings. The van der Waals surface area contributed by atoms with Gasteiger partial charge in [0.05, 0.1) is 13.0 Å². The molecule has 35 heavy (non-hydrogen) atoms. The molecule has 0 aromatic carbocycles. The number of hydrogen-bond donors (Lipinski definition) is 0. The Hall–Kier alpha value is -1.58. The van der Waals surface area contributed by atoms with Crippen molar-refractivity contribution in [2.45, 2.75) is 105 Å². The van der Waals surface area contributed by atoms with Gasteiger partial charge in [-0.05, 0) is 98.2 Å². The molecule has 3 aliphatic carbocycles. The molecule has 9 atom stereocenters. The summed E-state index contributed by atoms with van der Waals surface area (Å²) in [7, 11) is 1.49.